The van der Waals surface area contributed by atoms with E-state index in [2.05, 4.69) is 58.8 Å². The molecule has 0 aromatic rings. The summed E-state index contributed by atoms with van der Waals surface area (Å²) < 4.78 is 0. The van der Waals surface area contributed by atoms with Gasteiger partial charge >= 0.3 is 0 Å². The largest absolute Gasteiger partial charge is 0.322 e. The van der Waals surface area contributed by atoms with Gasteiger partial charge in [-0.3, -0.25) is 0 Å². The van der Waals surface area contributed by atoms with Crippen LogP contribution in [0.1, 0.15) is 40.0 Å². The normalized spacial score (nSPS) is 19.9. The summed E-state index contributed by atoms with van der Waals surface area (Å²) in [6.07, 6.45) is 3.21. The van der Waals surface area contributed by atoms with Crippen molar-refractivity contribution in [2.24, 2.45) is 5.73 Å². The lowest BCUT2D eigenvalue weighted by Crippen LogP contribution is -2.66. The average Bonchev–Trinajstić information content (AvgIpc) is 2.18. The van der Waals surface area contributed by atoms with Gasteiger partial charge in [-0.1, -0.05) is 20.8 Å². The van der Waals surface area contributed by atoms with E-state index in [4.69, 9.17) is 5.73 Å². The summed E-state index contributed by atoms with van der Waals surface area (Å²) in [6.45, 7) is 6.66. The summed E-state index contributed by atoms with van der Waals surface area (Å²) in [5.74, 6) is 0. The highest BCUT2D eigenvalue weighted by Crippen LogP contribution is 2.27. The molecule has 3 nitrogen and oxygen atoms in total. The van der Waals surface area contributed by atoms with Gasteiger partial charge in [-0.05, 0) is 47.5 Å². The van der Waals surface area contributed by atoms with Crippen LogP contribution in [-0.2, 0) is 0 Å². The molecule has 2 N–H and O–H groups in total. The molecule has 0 rings (SSSR count). The number of hydrogen-bond acceptors (Lipinski definition) is 3. The van der Waals surface area contributed by atoms with Gasteiger partial charge in [-0.2, -0.15) is 0 Å². The van der Waals surface area contributed by atoms with Crippen molar-refractivity contribution in [1.29, 1.82) is 0 Å². The lowest BCUT2D eigenvalue weighted by molar-refractivity contribution is 0.0771. The molecule has 0 bridgehead atoms. The maximum absolute atomic E-state index is 6.73. The Morgan fingerprint density at radius 3 is 1.31 bits per heavy atom. The van der Waals surface area contributed by atoms with Crippen LogP contribution in [0, 0.1) is 0 Å². The fourth-order valence-electron chi connectivity index (χ4n) is 3.15. The first-order chi connectivity index (χ1) is 7.34. The molecule has 3 heteroatoms. The van der Waals surface area contributed by atoms with E-state index in [1.165, 1.54) is 0 Å². The zero-order valence-electron chi connectivity index (χ0n) is 12.2. The van der Waals surface area contributed by atoms with E-state index in [1.54, 1.807) is 0 Å². The Balaban J connectivity index is 5.12. The smallest absolute Gasteiger partial charge is 0.0466 e. The third-order valence-electron chi connectivity index (χ3n) is 3.87. The summed E-state index contributed by atoms with van der Waals surface area (Å²) in [7, 11) is 8.53. The molecule has 0 aromatic heterocycles. The molecule has 0 aliphatic heterocycles. The van der Waals surface area contributed by atoms with E-state index >= 15 is 0 Å². The fourth-order valence-corrected chi connectivity index (χ4v) is 3.15. The summed E-state index contributed by atoms with van der Waals surface area (Å²) >= 11 is 0. The Morgan fingerprint density at radius 2 is 1.19 bits per heavy atom. The van der Waals surface area contributed by atoms with Gasteiger partial charge in [0.25, 0.3) is 0 Å². The van der Waals surface area contributed by atoms with Crippen LogP contribution in [0.5, 0.6) is 0 Å². The van der Waals surface area contributed by atoms with Crippen molar-refractivity contribution in [3.8, 4) is 0 Å². The van der Waals surface area contributed by atoms with Crippen molar-refractivity contribution in [3.63, 3.8) is 0 Å². The highest BCUT2D eigenvalue weighted by molar-refractivity contribution is 5.02. The average molecular weight is 229 g/mol. The minimum atomic E-state index is -0.128. The molecule has 0 fully saturated rings. The first kappa shape index (κ1) is 15.9. The van der Waals surface area contributed by atoms with Gasteiger partial charge in [0.1, 0.15) is 0 Å². The predicted octanol–water partition coefficient (Wildman–Crippen LogP) is 1.77. The maximum atomic E-state index is 6.73. The van der Waals surface area contributed by atoms with Crippen LogP contribution < -0.4 is 5.73 Å². The molecule has 0 spiro atoms. The third kappa shape index (κ3) is 3.19. The van der Waals surface area contributed by atoms with E-state index in [-0.39, 0.29) is 5.54 Å². The molecule has 0 aromatic carbocycles. The molecule has 0 radical (unpaired) electrons. The van der Waals surface area contributed by atoms with Crippen molar-refractivity contribution in [1.82, 2.24) is 9.80 Å². The second-order valence-corrected chi connectivity index (χ2v) is 5.24. The van der Waals surface area contributed by atoms with Crippen molar-refractivity contribution in [2.45, 2.75) is 57.7 Å². The highest BCUT2D eigenvalue weighted by atomic mass is 15.2. The quantitative estimate of drug-likeness (QED) is 0.722. The van der Waals surface area contributed by atoms with Crippen LogP contribution in [0.2, 0.25) is 0 Å². The summed E-state index contributed by atoms with van der Waals surface area (Å²) in [4.78, 5) is 4.55. The SMILES string of the molecule is CCC(N(C)C)C(N)(CC)C(CC)N(C)C. The number of nitrogens with two attached hydrogens (primary N) is 1. The number of hydrogen-bond donors (Lipinski definition) is 1. The van der Waals surface area contributed by atoms with Gasteiger partial charge in [0.15, 0.2) is 0 Å². The zero-order chi connectivity index (χ0) is 12.9. The van der Waals surface area contributed by atoms with Crippen molar-refractivity contribution in [3.05, 3.63) is 0 Å². The van der Waals surface area contributed by atoms with E-state index in [0.717, 1.165) is 19.3 Å². The molecule has 98 valence electrons. The maximum Gasteiger partial charge on any atom is 0.0466 e. The van der Waals surface area contributed by atoms with Crippen LogP contribution in [0.3, 0.4) is 0 Å². The van der Waals surface area contributed by atoms with Crippen LogP contribution in [-0.4, -0.2) is 55.6 Å². The van der Waals surface area contributed by atoms with E-state index < -0.39 is 0 Å². The molecular weight excluding hydrogens is 198 g/mol. The molecule has 2 atom stereocenters. The van der Waals surface area contributed by atoms with Crippen molar-refractivity contribution < 1.29 is 0 Å². The number of rotatable bonds is 7. The van der Waals surface area contributed by atoms with Gasteiger partial charge in [0.05, 0.1) is 0 Å². The molecule has 0 heterocycles. The second-order valence-electron chi connectivity index (χ2n) is 5.24. The third-order valence-corrected chi connectivity index (χ3v) is 3.87. The molecule has 0 saturated heterocycles. The Kier molecular flexibility index (Phi) is 6.53. The molecule has 0 aliphatic rings. The Hall–Kier alpha value is -0.120. The van der Waals surface area contributed by atoms with Crippen molar-refractivity contribution >= 4 is 0 Å². The van der Waals surface area contributed by atoms with Crippen LogP contribution in [0.25, 0.3) is 0 Å². The monoisotopic (exact) mass is 229 g/mol. The summed E-state index contributed by atoms with van der Waals surface area (Å²) in [5, 5.41) is 0. The van der Waals surface area contributed by atoms with E-state index in [0.29, 0.717) is 12.1 Å². The summed E-state index contributed by atoms with van der Waals surface area (Å²) in [6, 6.07) is 0.870. The molecule has 2 unspecified atom stereocenters. The van der Waals surface area contributed by atoms with Crippen LogP contribution >= 0.6 is 0 Å². The lowest BCUT2D eigenvalue weighted by Gasteiger charge is -2.48. The van der Waals surface area contributed by atoms with E-state index in [1.807, 2.05) is 0 Å². The minimum Gasteiger partial charge on any atom is -0.322 e. The molecule has 0 saturated carbocycles. The molecule has 0 amide bonds. The van der Waals surface area contributed by atoms with Gasteiger partial charge < -0.3 is 15.5 Å². The zero-order valence-corrected chi connectivity index (χ0v) is 12.2. The Labute approximate surface area is 102 Å². The highest BCUT2D eigenvalue weighted by Gasteiger charge is 2.41. The topological polar surface area (TPSA) is 32.5 Å². The van der Waals surface area contributed by atoms with Gasteiger partial charge in [0, 0.05) is 17.6 Å². The summed E-state index contributed by atoms with van der Waals surface area (Å²) in [5.41, 5.74) is 6.60. The number of nitrogens with zero attached hydrogens (tertiary/aromatic N) is 2. The first-order valence-corrected chi connectivity index (χ1v) is 6.46. The first-order valence-electron chi connectivity index (χ1n) is 6.46. The van der Waals surface area contributed by atoms with Crippen molar-refractivity contribution in [2.75, 3.05) is 28.2 Å². The van der Waals surface area contributed by atoms with Gasteiger partial charge in [-0.25, -0.2) is 0 Å². The lowest BCUT2D eigenvalue weighted by atomic mass is 9.77. The fraction of sp³-hybridized carbons (Fsp3) is 1.00. The van der Waals surface area contributed by atoms with Crippen LogP contribution in [0.15, 0.2) is 0 Å². The standard InChI is InChI=1S/C13H31N3/c1-8-11(15(4)5)13(14,10-3)12(9-2)16(6)7/h11-12H,8-10,14H2,1-7H3. The molecular formula is C13H31N3. The predicted molar refractivity (Wildman–Crippen MR) is 72.7 cm³/mol. The van der Waals surface area contributed by atoms with Gasteiger partial charge in [0.2, 0.25) is 0 Å². The molecule has 16 heavy (non-hydrogen) atoms. The minimum absolute atomic E-state index is 0.128. The second kappa shape index (κ2) is 6.58. The molecule has 0 aliphatic carbocycles. The van der Waals surface area contributed by atoms with Crippen LogP contribution in [0.4, 0.5) is 0 Å². The Morgan fingerprint density at radius 1 is 0.875 bits per heavy atom. The van der Waals surface area contributed by atoms with E-state index in [9.17, 15) is 0 Å². The number of likely N-dealkylation sites (N-methyl/N-ethyl adjacent to an activating group) is 2. The van der Waals surface area contributed by atoms with Gasteiger partial charge in [-0.15, -0.1) is 0 Å². The Bertz CT molecular complexity index is 174.